The molecule has 1 saturated heterocycles. The van der Waals surface area contributed by atoms with Gasteiger partial charge in [-0.2, -0.15) is 0 Å². The summed E-state index contributed by atoms with van der Waals surface area (Å²) < 4.78 is 0. The molecular formula is C15H30N4O2. The average Bonchev–Trinajstić information content (AvgIpc) is 2.51. The fourth-order valence-electron chi connectivity index (χ4n) is 2.44. The number of aliphatic imine (C=N–C) groups is 1. The van der Waals surface area contributed by atoms with Gasteiger partial charge in [0.2, 0.25) is 5.91 Å². The molecule has 1 fully saturated rings. The fourth-order valence-corrected chi connectivity index (χ4v) is 2.44. The third-order valence-corrected chi connectivity index (χ3v) is 3.87. The first-order valence-electron chi connectivity index (χ1n) is 7.95. The van der Waals surface area contributed by atoms with Crippen LogP contribution in [0.4, 0.5) is 0 Å². The summed E-state index contributed by atoms with van der Waals surface area (Å²) in [5, 5.41) is 15.1. The molecule has 0 aliphatic carbocycles. The van der Waals surface area contributed by atoms with Crippen molar-refractivity contribution in [2.75, 3.05) is 39.8 Å². The number of carbonyl (C=O) groups excluding carboxylic acids is 1. The van der Waals surface area contributed by atoms with E-state index in [-0.39, 0.29) is 18.4 Å². The summed E-state index contributed by atoms with van der Waals surface area (Å²) in [4.78, 5) is 18.3. The molecular weight excluding hydrogens is 268 g/mol. The SMILES string of the molecule is CCNC(=NCC(C)CO)N1CCC(CC(=O)NC)CC1. The van der Waals surface area contributed by atoms with E-state index in [4.69, 9.17) is 5.11 Å². The molecule has 122 valence electrons. The number of hydrogen-bond acceptors (Lipinski definition) is 3. The van der Waals surface area contributed by atoms with Crippen molar-refractivity contribution < 1.29 is 9.90 Å². The Morgan fingerprint density at radius 1 is 1.43 bits per heavy atom. The Kier molecular flexibility index (Phi) is 8.12. The lowest BCUT2D eigenvalue weighted by molar-refractivity contribution is -0.121. The number of guanidine groups is 1. The molecule has 0 saturated carbocycles. The van der Waals surface area contributed by atoms with E-state index in [9.17, 15) is 4.79 Å². The highest BCUT2D eigenvalue weighted by Crippen LogP contribution is 2.20. The Morgan fingerprint density at radius 3 is 2.62 bits per heavy atom. The third-order valence-electron chi connectivity index (χ3n) is 3.87. The Bertz CT molecular complexity index is 339. The van der Waals surface area contributed by atoms with Crippen LogP contribution in [0.1, 0.15) is 33.1 Å². The summed E-state index contributed by atoms with van der Waals surface area (Å²) in [5.41, 5.74) is 0. The standard InChI is InChI=1S/C15H30N4O2/c1-4-17-15(18-10-12(2)11-20)19-7-5-13(6-8-19)9-14(21)16-3/h12-13,20H,4-11H2,1-3H3,(H,16,21)(H,17,18). The predicted octanol–water partition coefficient (Wildman–Crippen LogP) is 0.428. The van der Waals surface area contributed by atoms with Crippen LogP contribution in [0.3, 0.4) is 0 Å². The van der Waals surface area contributed by atoms with E-state index in [1.54, 1.807) is 7.05 Å². The third kappa shape index (κ3) is 6.33. The molecule has 1 amide bonds. The summed E-state index contributed by atoms with van der Waals surface area (Å²) in [7, 11) is 1.69. The lowest BCUT2D eigenvalue weighted by atomic mass is 9.93. The number of piperidine rings is 1. The lowest BCUT2D eigenvalue weighted by Crippen LogP contribution is -2.46. The van der Waals surface area contributed by atoms with Crippen molar-refractivity contribution >= 4 is 11.9 Å². The van der Waals surface area contributed by atoms with Crippen LogP contribution in [0.2, 0.25) is 0 Å². The Labute approximate surface area is 128 Å². The lowest BCUT2D eigenvalue weighted by Gasteiger charge is -2.34. The molecule has 0 bridgehead atoms. The molecule has 1 aliphatic rings. The zero-order chi connectivity index (χ0) is 15.7. The molecule has 1 aliphatic heterocycles. The fraction of sp³-hybridized carbons (Fsp3) is 0.867. The second-order valence-electron chi connectivity index (χ2n) is 5.79. The number of nitrogens with one attached hydrogen (secondary N) is 2. The summed E-state index contributed by atoms with van der Waals surface area (Å²) >= 11 is 0. The van der Waals surface area contributed by atoms with Gasteiger partial charge in [-0.25, -0.2) is 0 Å². The molecule has 6 heteroatoms. The molecule has 1 heterocycles. The zero-order valence-corrected chi connectivity index (χ0v) is 13.6. The van der Waals surface area contributed by atoms with Crippen molar-refractivity contribution in [1.82, 2.24) is 15.5 Å². The van der Waals surface area contributed by atoms with E-state index < -0.39 is 0 Å². The van der Waals surface area contributed by atoms with Crippen molar-refractivity contribution in [3.05, 3.63) is 0 Å². The Balaban J connectivity index is 2.49. The van der Waals surface area contributed by atoms with Crippen LogP contribution in [-0.2, 0) is 4.79 Å². The van der Waals surface area contributed by atoms with Gasteiger partial charge in [0.1, 0.15) is 0 Å². The minimum absolute atomic E-state index is 0.130. The summed E-state index contributed by atoms with van der Waals surface area (Å²) in [6.45, 7) is 7.55. The van der Waals surface area contributed by atoms with Gasteiger partial charge < -0.3 is 20.6 Å². The van der Waals surface area contributed by atoms with Crippen LogP contribution < -0.4 is 10.6 Å². The van der Waals surface area contributed by atoms with Gasteiger partial charge in [0.15, 0.2) is 5.96 Å². The predicted molar refractivity (Wildman–Crippen MR) is 85.2 cm³/mol. The van der Waals surface area contributed by atoms with Crippen LogP contribution in [-0.4, -0.2) is 61.7 Å². The molecule has 0 aromatic heterocycles. The first kappa shape index (κ1) is 17.8. The number of likely N-dealkylation sites (tertiary alicyclic amines) is 1. The highest BCUT2D eigenvalue weighted by molar-refractivity contribution is 5.80. The zero-order valence-electron chi connectivity index (χ0n) is 13.6. The molecule has 1 rings (SSSR count). The Morgan fingerprint density at radius 2 is 2.10 bits per heavy atom. The van der Waals surface area contributed by atoms with E-state index in [1.807, 2.05) is 6.92 Å². The monoisotopic (exact) mass is 298 g/mol. The van der Waals surface area contributed by atoms with Crippen LogP contribution in [0.25, 0.3) is 0 Å². The van der Waals surface area contributed by atoms with Crippen LogP contribution in [0, 0.1) is 11.8 Å². The van der Waals surface area contributed by atoms with Gasteiger partial charge in [0.25, 0.3) is 0 Å². The van der Waals surface area contributed by atoms with Gasteiger partial charge >= 0.3 is 0 Å². The van der Waals surface area contributed by atoms with Gasteiger partial charge in [-0.3, -0.25) is 9.79 Å². The van der Waals surface area contributed by atoms with Crippen molar-refractivity contribution in [2.24, 2.45) is 16.8 Å². The normalized spacial score (nSPS) is 18.5. The van der Waals surface area contributed by atoms with Crippen LogP contribution in [0.5, 0.6) is 0 Å². The van der Waals surface area contributed by atoms with E-state index in [1.165, 1.54) is 0 Å². The largest absolute Gasteiger partial charge is 0.396 e. The molecule has 0 aromatic rings. The number of carbonyl (C=O) groups is 1. The number of aliphatic hydroxyl groups excluding tert-OH is 1. The first-order valence-corrected chi connectivity index (χ1v) is 7.95. The second kappa shape index (κ2) is 9.60. The maximum atomic E-state index is 11.4. The van der Waals surface area contributed by atoms with E-state index in [0.29, 0.717) is 18.9 Å². The molecule has 1 unspecified atom stereocenters. The van der Waals surface area contributed by atoms with Gasteiger partial charge in [0, 0.05) is 46.3 Å². The van der Waals surface area contributed by atoms with Gasteiger partial charge in [-0.1, -0.05) is 6.92 Å². The topological polar surface area (TPSA) is 77.0 Å². The number of amides is 1. The number of hydrogen-bond donors (Lipinski definition) is 3. The quantitative estimate of drug-likeness (QED) is 0.491. The second-order valence-corrected chi connectivity index (χ2v) is 5.79. The molecule has 3 N–H and O–H groups in total. The average molecular weight is 298 g/mol. The Hall–Kier alpha value is -1.30. The number of aliphatic hydroxyl groups is 1. The van der Waals surface area contributed by atoms with E-state index in [0.717, 1.165) is 38.4 Å². The smallest absolute Gasteiger partial charge is 0.220 e. The highest BCUT2D eigenvalue weighted by atomic mass is 16.3. The van der Waals surface area contributed by atoms with E-state index in [2.05, 4.69) is 27.4 Å². The van der Waals surface area contributed by atoms with Crippen LogP contribution in [0.15, 0.2) is 4.99 Å². The number of rotatable bonds is 6. The van der Waals surface area contributed by atoms with Gasteiger partial charge in [-0.15, -0.1) is 0 Å². The summed E-state index contributed by atoms with van der Waals surface area (Å²) in [6, 6.07) is 0. The van der Waals surface area contributed by atoms with Crippen molar-refractivity contribution in [3.63, 3.8) is 0 Å². The highest BCUT2D eigenvalue weighted by Gasteiger charge is 2.23. The molecule has 1 atom stereocenters. The maximum Gasteiger partial charge on any atom is 0.220 e. The minimum atomic E-state index is 0.130. The molecule has 6 nitrogen and oxygen atoms in total. The minimum Gasteiger partial charge on any atom is -0.396 e. The summed E-state index contributed by atoms with van der Waals surface area (Å²) in [5.74, 6) is 1.71. The van der Waals surface area contributed by atoms with Gasteiger partial charge in [0.05, 0.1) is 0 Å². The van der Waals surface area contributed by atoms with Crippen molar-refractivity contribution in [3.8, 4) is 0 Å². The molecule has 0 radical (unpaired) electrons. The molecule has 21 heavy (non-hydrogen) atoms. The number of nitrogens with zero attached hydrogens (tertiary/aromatic N) is 2. The molecule has 0 aromatic carbocycles. The van der Waals surface area contributed by atoms with E-state index >= 15 is 0 Å². The maximum absolute atomic E-state index is 11.4. The van der Waals surface area contributed by atoms with Crippen molar-refractivity contribution in [1.29, 1.82) is 0 Å². The molecule has 0 spiro atoms. The first-order chi connectivity index (χ1) is 10.1. The van der Waals surface area contributed by atoms with Crippen LogP contribution >= 0.6 is 0 Å². The van der Waals surface area contributed by atoms with Gasteiger partial charge in [-0.05, 0) is 31.6 Å². The van der Waals surface area contributed by atoms with Crippen molar-refractivity contribution in [2.45, 2.75) is 33.1 Å². The summed E-state index contributed by atoms with van der Waals surface area (Å²) in [6.07, 6.45) is 2.67.